The first kappa shape index (κ1) is 17.8. The molecule has 1 aromatic heterocycles. The van der Waals surface area contributed by atoms with E-state index in [1.165, 1.54) is 10.4 Å². The Bertz CT molecular complexity index is 933. The minimum absolute atomic E-state index is 0.0727. The van der Waals surface area contributed by atoms with Gasteiger partial charge in [-0.2, -0.15) is 0 Å². The summed E-state index contributed by atoms with van der Waals surface area (Å²) < 4.78 is 6.22. The number of hydrogen-bond donors (Lipinski definition) is 3. The molecule has 3 N–H and O–H groups in total. The highest BCUT2D eigenvalue weighted by Crippen LogP contribution is 2.44. The number of amides is 2. The van der Waals surface area contributed by atoms with Gasteiger partial charge in [0.15, 0.2) is 0 Å². The van der Waals surface area contributed by atoms with Crippen molar-refractivity contribution in [2.24, 2.45) is 0 Å². The molecule has 1 fully saturated rings. The number of piperidine rings is 1. The maximum atomic E-state index is 13.0. The van der Waals surface area contributed by atoms with Gasteiger partial charge in [-0.15, -0.1) is 11.3 Å². The zero-order valence-electron chi connectivity index (χ0n) is 15.5. The molecule has 0 saturated carbocycles. The molecule has 0 aliphatic carbocycles. The molecular weight excluding hydrogens is 374 g/mol. The molecule has 0 radical (unpaired) electrons. The van der Waals surface area contributed by atoms with Crippen LogP contribution in [-0.2, 0) is 21.6 Å². The second-order valence-electron chi connectivity index (χ2n) is 7.67. The number of carbonyl (C=O) groups is 2. The summed E-state index contributed by atoms with van der Waals surface area (Å²) in [5.74, 6) is -0.186. The van der Waals surface area contributed by atoms with Crippen molar-refractivity contribution in [3.63, 3.8) is 0 Å². The van der Waals surface area contributed by atoms with Crippen LogP contribution in [0.2, 0.25) is 0 Å². The van der Waals surface area contributed by atoms with Crippen LogP contribution in [0, 0.1) is 0 Å². The normalized spacial score (nSPS) is 22.9. The summed E-state index contributed by atoms with van der Waals surface area (Å²) in [7, 11) is 0. The summed E-state index contributed by atoms with van der Waals surface area (Å²) in [5.41, 5.74) is 2.73. The van der Waals surface area contributed by atoms with Crippen LogP contribution in [0.4, 0.5) is 5.69 Å². The van der Waals surface area contributed by atoms with Gasteiger partial charge in [-0.3, -0.25) is 9.59 Å². The molecule has 1 saturated heterocycles. The van der Waals surface area contributed by atoms with Gasteiger partial charge in [-0.05, 0) is 55.6 Å². The highest BCUT2D eigenvalue weighted by Gasteiger charge is 2.41. The van der Waals surface area contributed by atoms with E-state index >= 15 is 0 Å². The molecule has 2 aromatic rings. The Balaban J connectivity index is 1.41. The topological polar surface area (TPSA) is 79.5 Å². The fourth-order valence-corrected chi connectivity index (χ4v) is 5.82. The van der Waals surface area contributed by atoms with E-state index in [1.54, 1.807) is 11.3 Å². The van der Waals surface area contributed by atoms with Crippen molar-refractivity contribution in [2.75, 3.05) is 25.0 Å². The van der Waals surface area contributed by atoms with Crippen molar-refractivity contribution in [3.05, 3.63) is 51.2 Å². The third-order valence-electron chi connectivity index (χ3n) is 5.91. The van der Waals surface area contributed by atoms with Crippen LogP contribution < -0.4 is 16.0 Å². The number of anilines is 1. The number of carbonyl (C=O) groups excluding carboxylic acids is 2. The van der Waals surface area contributed by atoms with E-state index in [1.807, 2.05) is 30.3 Å². The molecule has 4 heterocycles. The molecule has 1 aromatic carbocycles. The standard InChI is InChI=1S/C21H23N3O3S/c25-18-12-16(14-3-1-2-4-15(14)23-18)24-20(26)17-11-13-5-10-27-21(19(13)28-17)6-8-22-9-7-21/h1-4,11,16,22H,5-10,12H2,(H,23,25)(H,24,26). The molecule has 3 aliphatic rings. The lowest BCUT2D eigenvalue weighted by molar-refractivity contribution is -0.116. The number of fused-ring (bicyclic) bond motifs is 3. The van der Waals surface area contributed by atoms with Crippen LogP contribution in [-0.4, -0.2) is 31.5 Å². The molecule has 5 rings (SSSR count). The lowest BCUT2D eigenvalue weighted by atomic mass is 9.86. The predicted octanol–water partition coefficient (Wildman–Crippen LogP) is 2.71. The van der Waals surface area contributed by atoms with Crippen LogP contribution in [0.1, 0.15) is 51.0 Å². The summed E-state index contributed by atoms with van der Waals surface area (Å²) in [6.45, 7) is 2.58. The van der Waals surface area contributed by atoms with Crippen molar-refractivity contribution < 1.29 is 14.3 Å². The van der Waals surface area contributed by atoms with Gasteiger partial charge in [0.2, 0.25) is 5.91 Å². The van der Waals surface area contributed by atoms with Crippen molar-refractivity contribution in [3.8, 4) is 0 Å². The van der Waals surface area contributed by atoms with E-state index in [9.17, 15) is 9.59 Å². The molecule has 0 bridgehead atoms. The number of nitrogens with one attached hydrogen (secondary N) is 3. The minimum atomic E-state index is -0.305. The molecule has 3 aliphatic heterocycles. The number of ether oxygens (including phenoxy) is 1. The number of rotatable bonds is 2. The third kappa shape index (κ3) is 3.03. The van der Waals surface area contributed by atoms with Crippen LogP contribution in [0.25, 0.3) is 0 Å². The van der Waals surface area contributed by atoms with Gasteiger partial charge in [0.05, 0.1) is 23.9 Å². The monoisotopic (exact) mass is 397 g/mol. The van der Waals surface area contributed by atoms with Crippen molar-refractivity contribution >= 4 is 28.8 Å². The van der Waals surface area contributed by atoms with Gasteiger partial charge in [-0.25, -0.2) is 0 Å². The molecule has 1 atom stereocenters. The second-order valence-corrected chi connectivity index (χ2v) is 8.73. The van der Waals surface area contributed by atoms with E-state index in [-0.39, 0.29) is 29.9 Å². The Hall–Kier alpha value is -2.22. The Labute approximate surface area is 167 Å². The Kier molecular flexibility index (Phi) is 4.45. The highest BCUT2D eigenvalue weighted by atomic mass is 32.1. The van der Waals surface area contributed by atoms with Gasteiger partial charge in [0, 0.05) is 10.6 Å². The van der Waals surface area contributed by atoms with Gasteiger partial charge in [0.1, 0.15) is 5.60 Å². The summed E-state index contributed by atoms with van der Waals surface area (Å²) in [6, 6.07) is 9.36. The Morgan fingerprint density at radius 2 is 2.07 bits per heavy atom. The fourth-order valence-electron chi connectivity index (χ4n) is 4.51. The molecule has 146 valence electrons. The van der Waals surface area contributed by atoms with E-state index in [4.69, 9.17) is 4.74 Å². The fraction of sp³-hybridized carbons (Fsp3) is 0.429. The Morgan fingerprint density at radius 3 is 2.93 bits per heavy atom. The van der Waals surface area contributed by atoms with Crippen LogP contribution in [0.5, 0.6) is 0 Å². The average molecular weight is 398 g/mol. The number of benzene rings is 1. The largest absolute Gasteiger partial charge is 0.369 e. The molecule has 2 amide bonds. The maximum absolute atomic E-state index is 13.0. The summed E-state index contributed by atoms with van der Waals surface area (Å²) in [6.07, 6.45) is 2.99. The first-order chi connectivity index (χ1) is 13.6. The average Bonchev–Trinajstić information content (AvgIpc) is 3.15. The van der Waals surface area contributed by atoms with Crippen molar-refractivity contribution in [1.29, 1.82) is 0 Å². The van der Waals surface area contributed by atoms with E-state index in [0.29, 0.717) is 11.5 Å². The Morgan fingerprint density at radius 1 is 1.25 bits per heavy atom. The maximum Gasteiger partial charge on any atom is 0.261 e. The van der Waals surface area contributed by atoms with Gasteiger partial charge in [0.25, 0.3) is 5.91 Å². The first-order valence-electron chi connectivity index (χ1n) is 9.82. The summed E-state index contributed by atoms with van der Waals surface area (Å²) >= 11 is 1.55. The van der Waals surface area contributed by atoms with Gasteiger partial charge in [-0.1, -0.05) is 18.2 Å². The molecule has 7 heteroatoms. The van der Waals surface area contributed by atoms with Crippen molar-refractivity contribution in [2.45, 2.75) is 37.3 Å². The van der Waals surface area contributed by atoms with Crippen LogP contribution in [0.3, 0.4) is 0 Å². The zero-order chi connectivity index (χ0) is 19.1. The van der Waals surface area contributed by atoms with E-state index in [0.717, 1.165) is 43.6 Å². The number of thiophene rings is 1. The van der Waals surface area contributed by atoms with Crippen molar-refractivity contribution in [1.82, 2.24) is 10.6 Å². The minimum Gasteiger partial charge on any atom is -0.369 e. The quantitative estimate of drug-likeness (QED) is 0.728. The lowest BCUT2D eigenvalue weighted by Crippen LogP contribution is -2.43. The number of para-hydroxylation sites is 1. The second kappa shape index (κ2) is 6.99. The van der Waals surface area contributed by atoms with Gasteiger partial charge < -0.3 is 20.7 Å². The third-order valence-corrected chi connectivity index (χ3v) is 7.27. The molecule has 6 nitrogen and oxygen atoms in total. The number of hydrogen-bond acceptors (Lipinski definition) is 5. The van der Waals surface area contributed by atoms with Crippen LogP contribution >= 0.6 is 11.3 Å². The molecular formula is C21H23N3O3S. The summed E-state index contributed by atoms with van der Waals surface area (Å²) in [4.78, 5) is 27.0. The van der Waals surface area contributed by atoms with Crippen LogP contribution in [0.15, 0.2) is 30.3 Å². The smallest absolute Gasteiger partial charge is 0.261 e. The molecule has 1 spiro atoms. The zero-order valence-corrected chi connectivity index (χ0v) is 16.4. The van der Waals surface area contributed by atoms with E-state index in [2.05, 4.69) is 16.0 Å². The predicted molar refractivity (Wildman–Crippen MR) is 108 cm³/mol. The summed E-state index contributed by atoms with van der Waals surface area (Å²) in [5, 5.41) is 9.34. The molecule has 28 heavy (non-hydrogen) atoms. The highest BCUT2D eigenvalue weighted by molar-refractivity contribution is 7.14. The lowest BCUT2D eigenvalue weighted by Gasteiger charge is -2.40. The first-order valence-corrected chi connectivity index (χ1v) is 10.6. The molecule has 1 unspecified atom stereocenters. The van der Waals surface area contributed by atoms with Gasteiger partial charge >= 0.3 is 0 Å². The SMILES string of the molecule is O=C1CC(NC(=O)c2cc3c(s2)C2(CCNCC2)OCC3)c2ccccc2N1. The van der Waals surface area contributed by atoms with E-state index < -0.39 is 0 Å².